The Hall–Kier alpha value is -3.41. The predicted octanol–water partition coefficient (Wildman–Crippen LogP) is 3.27. The highest BCUT2D eigenvalue weighted by atomic mass is 16.2. The van der Waals surface area contributed by atoms with Gasteiger partial charge in [-0.25, -0.2) is 4.98 Å². The fraction of sp³-hybridized carbons (Fsp3) is 0.261. The van der Waals surface area contributed by atoms with E-state index in [0.29, 0.717) is 19.5 Å². The molecule has 0 unspecified atom stereocenters. The molecule has 0 aliphatic heterocycles. The Morgan fingerprint density at radius 3 is 2.48 bits per heavy atom. The molecule has 0 bridgehead atoms. The van der Waals surface area contributed by atoms with Crippen molar-refractivity contribution >= 4 is 23.5 Å². The van der Waals surface area contributed by atoms with Gasteiger partial charge in [-0.2, -0.15) is 0 Å². The molecule has 0 saturated heterocycles. The Morgan fingerprint density at radius 2 is 1.76 bits per heavy atom. The van der Waals surface area contributed by atoms with Crippen LogP contribution in [0.3, 0.4) is 0 Å². The van der Waals surface area contributed by atoms with Gasteiger partial charge in [-0.3, -0.25) is 14.0 Å². The van der Waals surface area contributed by atoms with Gasteiger partial charge in [-0.15, -0.1) is 0 Å². The van der Waals surface area contributed by atoms with Gasteiger partial charge in [0.2, 0.25) is 11.8 Å². The normalized spacial score (nSPS) is 11.1. The van der Waals surface area contributed by atoms with Gasteiger partial charge in [0, 0.05) is 37.8 Å². The van der Waals surface area contributed by atoms with Crippen LogP contribution in [0.2, 0.25) is 0 Å². The molecule has 0 radical (unpaired) electrons. The van der Waals surface area contributed by atoms with Crippen molar-refractivity contribution in [2.45, 2.75) is 27.2 Å². The van der Waals surface area contributed by atoms with Crippen molar-refractivity contribution in [3.8, 4) is 11.3 Å². The van der Waals surface area contributed by atoms with Crippen molar-refractivity contribution in [1.82, 2.24) is 20.0 Å². The van der Waals surface area contributed by atoms with Gasteiger partial charge in [0.15, 0.2) is 0 Å². The molecular formula is C23H26N4O2. The number of carbonyl (C=O) groups is 2. The summed E-state index contributed by atoms with van der Waals surface area (Å²) in [6, 6.07) is 12.2. The van der Waals surface area contributed by atoms with E-state index in [2.05, 4.69) is 22.8 Å². The topological polar surface area (TPSA) is 75.5 Å². The number of carbonyl (C=O) groups excluding carboxylic acids is 2. The zero-order chi connectivity index (χ0) is 20.8. The molecule has 2 heterocycles. The molecule has 150 valence electrons. The zero-order valence-electron chi connectivity index (χ0n) is 17.0. The third-order valence-corrected chi connectivity index (χ3v) is 4.56. The average molecular weight is 390 g/mol. The number of rotatable bonds is 7. The van der Waals surface area contributed by atoms with E-state index in [1.54, 1.807) is 6.08 Å². The molecule has 6 heteroatoms. The summed E-state index contributed by atoms with van der Waals surface area (Å²) in [5.41, 5.74) is 5.86. The first-order valence-corrected chi connectivity index (χ1v) is 9.70. The van der Waals surface area contributed by atoms with Crippen molar-refractivity contribution in [3.05, 3.63) is 65.5 Å². The highest BCUT2D eigenvalue weighted by molar-refractivity contribution is 5.92. The Bertz CT molecular complexity index is 1050. The van der Waals surface area contributed by atoms with Crippen LogP contribution in [0.15, 0.2) is 48.7 Å². The summed E-state index contributed by atoms with van der Waals surface area (Å²) in [5, 5.41) is 5.54. The molecule has 2 N–H and O–H groups in total. The minimum Gasteiger partial charge on any atom is -0.356 e. The molecule has 0 fully saturated rings. The monoisotopic (exact) mass is 390 g/mol. The third kappa shape index (κ3) is 5.31. The standard InChI is InChI=1S/C23H26N4O2/c1-16-5-7-19(8-6-16)23-20(27-14-11-17(2)15-21(27)26-23)9-10-22(29)25-13-4-12-24-18(3)28/h5-11,14-15H,4,12-13H2,1-3H3,(H,24,28)(H,25,29)/b10-9+. The van der Waals surface area contributed by atoms with E-state index in [1.165, 1.54) is 18.6 Å². The molecule has 2 aromatic heterocycles. The van der Waals surface area contributed by atoms with Crippen LogP contribution in [0.4, 0.5) is 0 Å². The molecule has 0 atom stereocenters. The highest BCUT2D eigenvalue weighted by Gasteiger charge is 2.12. The van der Waals surface area contributed by atoms with Gasteiger partial charge in [-0.1, -0.05) is 29.8 Å². The van der Waals surface area contributed by atoms with E-state index in [0.717, 1.165) is 28.2 Å². The summed E-state index contributed by atoms with van der Waals surface area (Å²) in [4.78, 5) is 27.8. The first kappa shape index (κ1) is 20.3. The predicted molar refractivity (Wildman–Crippen MR) is 115 cm³/mol. The number of amides is 2. The quantitative estimate of drug-likeness (QED) is 0.480. The second kappa shape index (κ2) is 9.19. The molecule has 0 aliphatic carbocycles. The maximum absolute atomic E-state index is 12.2. The lowest BCUT2D eigenvalue weighted by Gasteiger charge is -2.04. The zero-order valence-corrected chi connectivity index (χ0v) is 17.0. The van der Waals surface area contributed by atoms with Gasteiger partial charge in [0.05, 0.1) is 11.4 Å². The lowest BCUT2D eigenvalue weighted by Crippen LogP contribution is -2.27. The van der Waals surface area contributed by atoms with Crippen molar-refractivity contribution in [3.63, 3.8) is 0 Å². The van der Waals surface area contributed by atoms with Gasteiger partial charge >= 0.3 is 0 Å². The van der Waals surface area contributed by atoms with Crippen LogP contribution >= 0.6 is 0 Å². The summed E-state index contributed by atoms with van der Waals surface area (Å²) < 4.78 is 1.99. The van der Waals surface area contributed by atoms with E-state index in [9.17, 15) is 9.59 Å². The first-order valence-electron chi connectivity index (χ1n) is 9.70. The maximum atomic E-state index is 12.2. The first-order chi connectivity index (χ1) is 13.9. The van der Waals surface area contributed by atoms with Crippen LogP contribution < -0.4 is 10.6 Å². The largest absolute Gasteiger partial charge is 0.356 e. The molecular weight excluding hydrogens is 364 g/mol. The number of nitrogens with zero attached hydrogens (tertiary/aromatic N) is 2. The number of hydrogen-bond donors (Lipinski definition) is 2. The Labute approximate surface area is 170 Å². The molecule has 2 amide bonds. The molecule has 1 aromatic carbocycles. The molecule has 0 saturated carbocycles. The summed E-state index contributed by atoms with van der Waals surface area (Å²) in [7, 11) is 0. The second-order valence-corrected chi connectivity index (χ2v) is 7.10. The number of pyridine rings is 1. The van der Waals surface area contributed by atoms with Gasteiger partial charge in [0.25, 0.3) is 0 Å². The van der Waals surface area contributed by atoms with Gasteiger partial charge in [0.1, 0.15) is 5.65 Å². The second-order valence-electron chi connectivity index (χ2n) is 7.10. The fourth-order valence-corrected chi connectivity index (χ4v) is 3.03. The maximum Gasteiger partial charge on any atom is 0.244 e. The van der Waals surface area contributed by atoms with Crippen LogP contribution in [-0.2, 0) is 9.59 Å². The number of aryl methyl sites for hydroxylation is 2. The van der Waals surface area contributed by atoms with Crippen molar-refractivity contribution < 1.29 is 9.59 Å². The van der Waals surface area contributed by atoms with Gasteiger partial charge < -0.3 is 10.6 Å². The fourth-order valence-electron chi connectivity index (χ4n) is 3.03. The highest BCUT2D eigenvalue weighted by Crippen LogP contribution is 2.26. The van der Waals surface area contributed by atoms with Crippen LogP contribution in [0.25, 0.3) is 23.0 Å². The minimum atomic E-state index is -0.176. The summed E-state index contributed by atoms with van der Waals surface area (Å²) in [6.07, 6.45) is 5.98. The number of benzene rings is 1. The van der Waals surface area contributed by atoms with Crippen LogP contribution in [0, 0.1) is 13.8 Å². The average Bonchev–Trinajstić information content (AvgIpc) is 3.04. The molecule has 0 spiro atoms. The minimum absolute atomic E-state index is 0.0669. The summed E-state index contributed by atoms with van der Waals surface area (Å²) >= 11 is 0. The lowest BCUT2D eigenvalue weighted by atomic mass is 10.1. The Kier molecular flexibility index (Phi) is 6.44. The van der Waals surface area contributed by atoms with Crippen LogP contribution in [0.1, 0.15) is 30.2 Å². The van der Waals surface area contributed by atoms with Crippen molar-refractivity contribution in [2.24, 2.45) is 0 Å². The molecule has 3 rings (SSSR count). The van der Waals surface area contributed by atoms with E-state index < -0.39 is 0 Å². The van der Waals surface area contributed by atoms with E-state index in [-0.39, 0.29) is 11.8 Å². The molecule has 6 nitrogen and oxygen atoms in total. The Morgan fingerprint density at radius 1 is 1.03 bits per heavy atom. The third-order valence-electron chi connectivity index (χ3n) is 4.56. The number of nitrogens with one attached hydrogen (secondary N) is 2. The number of fused-ring (bicyclic) bond motifs is 1. The van der Waals surface area contributed by atoms with Crippen LogP contribution in [0.5, 0.6) is 0 Å². The SMILES string of the molecule is CC(=O)NCCCNC(=O)/C=C/c1c(-c2ccc(C)cc2)nc2cc(C)ccn12. The number of aromatic nitrogens is 2. The molecule has 3 aromatic rings. The van der Waals surface area contributed by atoms with E-state index >= 15 is 0 Å². The summed E-state index contributed by atoms with van der Waals surface area (Å²) in [6.45, 7) is 6.60. The van der Waals surface area contributed by atoms with Crippen molar-refractivity contribution in [2.75, 3.05) is 13.1 Å². The molecule has 29 heavy (non-hydrogen) atoms. The summed E-state index contributed by atoms with van der Waals surface area (Å²) in [5.74, 6) is -0.243. The number of hydrogen-bond acceptors (Lipinski definition) is 3. The van der Waals surface area contributed by atoms with E-state index in [4.69, 9.17) is 4.98 Å². The van der Waals surface area contributed by atoms with Gasteiger partial charge in [-0.05, 0) is 44.0 Å². The van der Waals surface area contributed by atoms with E-state index in [1.807, 2.05) is 48.7 Å². The lowest BCUT2D eigenvalue weighted by molar-refractivity contribution is -0.119. The smallest absolute Gasteiger partial charge is 0.244 e. The molecule has 0 aliphatic rings. The Balaban J connectivity index is 1.80. The van der Waals surface area contributed by atoms with Crippen molar-refractivity contribution in [1.29, 1.82) is 0 Å². The number of imidazole rings is 1. The van der Waals surface area contributed by atoms with Crippen LogP contribution in [-0.4, -0.2) is 34.3 Å².